The molecule has 0 fully saturated rings. The number of anilines is 2. The molecule has 0 atom stereocenters. The van der Waals surface area contributed by atoms with Crippen molar-refractivity contribution < 1.29 is 13.0 Å². The van der Waals surface area contributed by atoms with Crippen LogP contribution in [0.2, 0.25) is 10.0 Å². The zero-order valence-electron chi connectivity index (χ0n) is 24.6. The van der Waals surface area contributed by atoms with E-state index in [0.29, 0.717) is 27.7 Å². The van der Waals surface area contributed by atoms with Crippen LogP contribution >= 0.6 is 23.2 Å². The van der Waals surface area contributed by atoms with Crippen molar-refractivity contribution in [3.8, 4) is 0 Å². The third kappa shape index (κ3) is 6.87. The maximum Gasteiger partial charge on any atom is 0.251 e. The highest BCUT2D eigenvalue weighted by molar-refractivity contribution is 7.89. The molecule has 6 rings (SSSR count). The van der Waals surface area contributed by atoms with E-state index in [4.69, 9.17) is 28.2 Å². The van der Waals surface area contributed by atoms with Gasteiger partial charge in [0, 0.05) is 27.7 Å². The molecule has 0 bridgehead atoms. The number of hydrogen-bond acceptors (Lipinski definition) is 5. The van der Waals surface area contributed by atoms with Crippen molar-refractivity contribution in [3.05, 3.63) is 134 Å². The Morgan fingerprint density at radius 1 is 0.889 bits per heavy atom. The van der Waals surface area contributed by atoms with Crippen LogP contribution in [0.15, 0.2) is 101 Å². The molecule has 0 aliphatic carbocycles. The molecular formula is C34H30Cl2N5O3S+. The van der Waals surface area contributed by atoms with E-state index in [1.807, 2.05) is 61.8 Å². The van der Waals surface area contributed by atoms with Gasteiger partial charge in [0.1, 0.15) is 0 Å². The molecule has 0 aliphatic heterocycles. The highest BCUT2D eigenvalue weighted by Crippen LogP contribution is 2.26. The minimum atomic E-state index is -3.74. The first-order valence-electron chi connectivity index (χ1n) is 14.3. The molecule has 0 spiro atoms. The zero-order valence-corrected chi connectivity index (χ0v) is 26.9. The van der Waals surface area contributed by atoms with Gasteiger partial charge in [-0.3, -0.25) is 10.1 Å². The van der Waals surface area contributed by atoms with Gasteiger partial charge in [-0.15, -0.1) is 4.98 Å². The second-order valence-corrected chi connectivity index (χ2v) is 13.6. The topological polar surface area (TPSA) is 108 Å². The Hall–Kier alpha value is -4.28. The van der Waals surface area contributed by atoms with Gasteiger partial charge in [-0.05, 0) is 110 Å². The molecule has 3 N–H and O–H groups in total. The molecule has 6 aromatic rings. The van der Waals surface area contributed by atoms with Crippen molar-refractivity contribution >= 4 is 66.5 Å². The maximum absolute atomic E-state index is 12.9. The first kappa shape index (κ1) is 30.7. The second-order valence-electron chi connectivity index (χ2n) is 11.0. The predicted octanol–water partition coefficient (Wildman–Crippen LogP) is 6.60. The zero-order chi connectivity index (χ0) is 31.7. The van der Waals surface area contributed by atoms with Crippen molar-refractivity contribution in [3.63, 3.8) is 0 Å². The van der Waals surface area contributed by atoms with E-state index in [1.165, 1.54) is 24.3 Å². The van der Waals surface area contributed by atoms with Gasteiger partial charge in [0.15, 0.2) is 5.52 Å². The fraction of sp³-hybridized carbons (Fsp3) is 0.147. The number of aromatic amines is 1. The predicted molar refractivity (Wildman–Crippen MR) is 180 cm³/mol. The van der Waals surface area contributed by atoms with Crippen LogP contribution in [0.1, 0.15) is 22.3 Å². The molecule has 11 heteroatoms. The van der Waals surface area contributed by atoms with Crippen LogP contribution < -0.4 is 20.2 Å². The molecule has 0 radical (unpaired) electrons. The quantitative estimate of drug-likeness (QED) is 0.152. The summed E-state index contributed by atoms with van der Waals surface area (Å²) in [5, 5.41) is 6.46. The van der Waals surface area contributed by atoms with Gasteiger partial charge < -0.3 is 4.98 Å². The largest absolute Gasteiger partial charge is 0.322 e. The van der Waals surface area contributed by atoms with E-state index in [-0.39, 0.29) is 23.4 Å². The standard InChI is InChI=1S/C34H29Cl2N5O3S/c1-21-6-11-31-30(14-21)33(39-28-5-3-4-27(36)18-28)41(20-37-31)19-25-17-24-16-23(34(42)40-32(24)15-22(25)2)12-13-38-45(43,44)29-9-7-26(35)8-10-29/h3-11,14-18,20,38H,12-13,19H2,1-2H3,(H,40,42)/p+1. The molecule has 0 amide bonds. The van der Waals surface area contributed by atoms with Gasteiger partial charge in [0.2, 0.25) is 22.2 Å². The molecule has 0 aliphatic rings. The number of aromatic nitrogens is 3. The Morgan fingerprint density at radius 2 is 1.67 bits per heavy atom. The van der Waals surface area contributed by atoms with Crippen LogP contribution in [0.5, 0.6) is 0 Å². The molecule has 2 heterocycles. The van der Waals surface area contributed by atoms with Gasteiger partial charge in [-0.25, -0.2) is 17.7 Å². The van der Waals surface area contributed by atoms with Crippen LogP contribution in [-0.2, 0) is 23.0 Å². The Bertz CT molecular complexity index is 2240. The van der Waals surface area contributed by atoms with E-state index in [1.54, 1.807) is 0 Å². The highest BCUT2D eigenvalue weighted by atomic mass is 35.5. The van der Waals surface area contributed by atoms with Crippen LogP contribution in [0, 0.1) is 13.8 Å². The lowest BCUT2D eigenvalue weighted by Gasteiger charge is -2.14. The second kappa shape index (κ2) is 12.6. The number of hydrogen-bond donors (Lipinski definition) is 3. The lowest BCUT2D eigenvalue weighted by molar-refractivity contribution is -0.675. The summed E-state index contributed by atoms with van der Waals surface area (Å²) in [6.07, 6.45) is 2.04. The third-order valence-corrected chi connectivity index (χ3v) is 9.61. The maximum atomic E-state index is 12.9. The average molecular weight is 660 g/mol. The molecule has 8 nitrogen and oxygen atoms in total. The number of aryl methyl sites for hydroxylation is 2. The number of sulfonamides is 1. The molecular weight excluding hydrogens is 629 g/mol. The van der Waals surface area contributed by atoms with Gasteiger partial charge >= 0.3 is 0 Å². The van der Waals surface area contributed by atoms with Crippen LogP contribution in [0.25, 0.3) is 21.8 Å². The number of nitrogens with zero attached hydrogens (tertiary/aromatic N) is 2. The lowest BCUT2D eigenvalue weighted by atomic mass is 10.0. The Kier molecular flexibility index (Phi) is 8.61. The summed E-state index contributed by atoms with van der Waals surface area (Å²) in [5.74, 6) is 0.876. The molecule has 45 heavy (non-hydrogen) atoms. The fourth-order valence-corrected chi connectivity index (χ4v) is 6.62. The minimum Gasteiger partial charge on any atom is -0.322 e. The monoisotopic (exact) mass is 658 g/mol. The normalized spacial score (nSPS) is 11.7. The number of fused-ring (bicyclic) bond motifs is 2. The van der Waals surface area contributed by atoms with Gasteiger partial charge in [0.05, 0.1) is 22.5 Å². The summed E-state index contributed by atoms with van der Waals surface area (Å²) in [7, 11) is -3.74. The molecule has 0 saturated heterocycles. The van der Waals surface area contributed by atoms with E-state index in [2.05, 4.69) is 38.6 Å². The minimum absolute atomic E-state index is 0.0643. The first-order valence-corrected chi connectivity index (χ1v) is 16.5. The van der Waals surface area contributed by atoms with Gasteiger partial charge in [-0.2, -0.15) is 0 Å². The third-order valence-electron chi connectivity index (χ3n) is 7.65. The number of benzene rings is 4. The van der Waals surface area contributed by atoms with Gasteiger partial charge in [0.25, 0.3) is 5.56 Å². The van der Waals surface area contributed by atoms with Crippen molar-refractivity contribution in [1.29, 1.82) is 0 Å². The Labute approximate surface area is 270 Å². The van der Waals surface area contributed by atoms with Gasteiger partial charge in [-0.1, -0.05) is 40.9 Å². The Balaban J connectivity index is 1.30. The lowest BCUT2D eigenvalue weighted by Crippen LogP contribution is -2.38. The van der Waals surface area contributed by atoms with E-state index in [9.17, 15) is 13.2 Å². The van der Waals surface area contributed by atoms with Crippen LogP contribution in [-0.4, -0.2) is 24.9 Å². The van der Waals surface area contributed by atoms with Crippen molar-refractivity contribution in [1.82, 2.24) is 14.7 Å². The molecule has 0 unspecified atom stereocenters. The number of rotatable bonds is 9. The summed E-state index contributed by atoms with van der Waals surface area (Å²) >= 11 is 12.2. The SMILES string of the molecule is Cc1ccc2nc[n+](Cc3cc4cc(CCNS(=O)(=O)c5ccc(Cl)cc5)c(=O)[nH]c4cc3C)c(Nc3cccc(Cl)c3)c2c1. The number of nitrogens with one attached hydrogen (secondary N) is 3. The van der Waals surface area contributed by atoms with E-state index in [0.717, 1.165) is 44.5 Å². The molecule has 4 aromatic carbocycles. The van der Waals surface area contributed by atoms with E-state index >= 15 is 0 Å². The molecule has 228 valence electrons. The number of H-pyrrole nitrogens is 1. The van der Waals surface area contributed by atoms with E-state index < -0.39 is 10.0 Å². The molecule has 2 aromatic heterocycles. The summed E-state index contributed by atoms with van der Waals surface area (Å²) in [6.45, 7) is 4.63. The smallest absolute Gasteiger partial charge is 0.251 e. The Morgan fingerprint density at radius 3 is 2.44 bits per heavy atom. The first-order chi connectivity index (χ1) is 21.6. The van der Waals surface area contributed by atoms with Crippen molar-refractivity contribution in [2.24, 2.45) is 0 Å². The number of pyridine rings is 1. The summed E-state index contributed by atoms with van der Waals surface area (Å²) in [6, 6.07) is 25.5. The summed E-state index contributed by atoms with van der Waals surface area (Å²) in [4.78, 5) is 20.7. The number of halogens is 2. The molecule has 0 saturated carbocycles. The summed E-state index contributed by atoms with van der Waals surface area (Å²) in [5.41, 5.74) is 5.82. The highest BCUT2D eigenvalue weighted by Gasteiger charge is 2.18. The fourth-order valence-electron chi connectivity index (χ4n) is 5.27. The van der Waals surface area contributed by atoms with Crippen LogP contribution in [0.4, 0.5) is 11.5 Å². The van der Waals surface area contributed by atoms with Crippen molar-refractivity contribution in [2.45, 2.75) is 31.7 Å². The average Bonchev–Trinajstić information content (AvgIpc) is 2.99. The van der Waals surface area contributed by atoms with Crippen molar-refractivity contribution in [2.75, 3.05) is 11.9 Å². The van der Waals surface area contributed by atoms with Crippen LogP contribution in [0.3, 0.4) is 0 Å². The summed E-state index contributed by atoms with van der Waals surface area (Å²) < 4.78 is 30.0.